The summed E-state index contributed by atoms with van der Waals surface area (Å²) in [6.07, 6.45) is 5.31. The Labute approximate surface area is 111 Å². The van der Waals surface area contributed by atoms with Gasteiger partial charge in [-0.25, -0.2) is 0 Å². The highest BCUT2D eigenvalue weighted by Crippen LogP contribution is 2.37. The van der Waals surface area contributed by atoms with E-state index in [2.05, 4.69) is 61.7 Å². The van der Waals surface area contributed by atoms with Crippen molar-refractivity contribution in [1.82, 2.24) is 10.2 Å². The molecule has 0 amide bonds. The van der Waals surface area contributed by atoms with Crippen LogP contribution >= 0.6 is 0 Å². The Morgan fingerprint density at radius 2 is 1.67 bits per heavy atom. The molecule has 2 heteroatoms. The predicted molar refractivity (Wildman–Crippen MR) is 77.7 cm³/mol. The van der Waals surface area contributed by atoms with Crippen molar-refractivity contribution in [2.75, 3.05) is 21.1 Å². The molecule has 1 aromatic rings. The lowest BCUT2D eigenvalue weighted by atomic mass is 9.79. The van der Waals surface area contributed by atoms with Crippen molar-refractivity contribution < 1.29 is 0 Å². The number of benzene rings is 1. The highest BCUT2D eigenvalue weighted by Gasteiger charge is 2.29. The Hall–Kier alpha value is -0.860. The second-order valence-electron chi connectivity index (χ2n) is 5.72. The topological polar surface area (TPSA) is 15.3 Å². The Morgan fingerprint density at radius 1 is 1.06 bits per heavy atom. The summed E-state index contributed by atoms with van der Waals surface area (Å²) < 4.78 is 0. The van der Waals surface area contributed by atoms with Crippen LogP contribution in [0.25, 0.3) is 0 Å². The summed E-state index contributed by atoms with van der Waals surface area (Å²) in [6.45, 7) is 0. The molecule has 0 heterocycles. The number of nitrogens with one attached hydrogen (secondary N) is 1. The summed E-state index contributed by atoms with van der Waals surface area (Å²) in [7, 11) is 6.51. The summed E-state index contributed by atoms with van der Waals surface area (Å²) in [4.78, 5) is 2.39. The summed E-state index contributed by atoms with van der Waals surface area (Å²) in [6, 6.07) is 12.3. The minimum absolute atomic E-state index is 0.573. The van der Waals surface area contributed by atoms with Gasteiger partial charge in [-0.05, 0) is 58.3 Å². The van der Waals surface area contributed by atoms with Gasteiger partial charge in [0.1, 0.15) is 0 Å². The van der Waals surface area contributed by atoms with Gasteiger partial charge < -0.3 is 10.2 Å². The van der Waals surface area contributed by atoms with Crippen molar-refractivity contribution in [3.8, 4) is 0 Å². The van der Waals surface area contributed by atoms with Gasteiger partial charge in [0, 0.05) is 12.1 Å². The first-order valence-electron chi connectivity index (χ1n) is 7.11. The van der Waals surface area contributed by atoms with Gasteiger partial charge >= 0.3 is 0 Å². The van der Waals surface area contributed by atoms with Crippen molar-refractivity contribution in [3.63, 3.8) is 0 Å². The molecule has 18 heavy (non-hydrogen) atoms. The molecular weight excluding hydrogens is 220 g/mol. The third-order valence-corrected chi connectivity index (χ3v) is 4.32. The molecule has 0 radical (unpaired) electrons. The van der Waals surface area contributed by atoms with E-state index in [-0.39, 0.29) is 0 Å². The summed E-state index contributed by atoms with van der Waals surface area (Å²) in [5, 5.41) is 3.42. The Balaban J connectivity index is 2.08. The molecule has 2 rings (SSSR count). The zero-order valence-corrected chi connectivity index (χ0v) is 11.9. The molecule has 1 aliphatic carbocycles. The average molecular weight is 246 g/mol. The van der Waals surface area contributed by atoms with E-state index in [0.717, 1.165) is 12.0 Å². The molecule has 1 unspecified atom stereocenters. The lowest BCUT2D eigenvalue weighted by Crippen LogP contribution is -2.35. The van der Waals surface area contributed by atoms with Gasteiger partial charge in [0.15, 0.2) is 0 Å². The first-order valence-corrected chi connectivity index (χ1v) is 7.11. The molecule has 1 N–H and O–H groups in total. The second-order valence-corrected chi connectivity index (χ2v) is 5.72. The molecule has 1 saturated carbocycles. The first-order chi connectivity index (χ1) is 8.72. The first kappa shape index (κ1) is 13.6. The summed E-state index contributed by atoms with van der Waals surface area (Å²) in [5.41, 5.74) is 1.47. The highest BCUT2D eigenvalue weighted by atomic mass is 15.1. The minimum Gasteiger partial charge on any atom is -0.317 e. The molecule has 0 spiro atoms. The molecule has 1 aliphatic rings. The van der Waals surface area contributed by atoms with Crippen LogP contribution < -0.4 is 5.32 Å². The maximum absolute atomic E-state index is 3.42. The van der Waals surface area contributed by atoms with E-state index in [1.165, 1.54) is 31.2 Å². The molecule has 1 atom stereocenters. The fraction of sp³-hybridized carbons (Fsp3) is 0.625. The van der Waals surface area contributed by atoms with Crippen LogP contribution in [0.15, 0.2) is 30.3 Å². The van der Waals surface area contributed by atoms with Crippen LogP contribution in [0, 0.1) is 5.92 Å². The van der Waals surface area contributed by atoms with Crippen LogP contribution in [0.4, 0.5) is 0 Å². The fourth-order valence-electron chi connectivity index (χ4n) is 3.37. The number of rotatable bonds is 4. The Morgan fingerprint density at radius 3 is 2.17 bits per heavy atom. The maximum Gasteiger partial charge on any atom is 0.0370 e. The van der Waals surface area contributed by atoms with Crippen molar-refractivity contribution in [3.05, 3.63) is 35.9 Å². The van der Waals surface area contributed by atoms with E-state index in [0.29, 0.717) is 6.04 Å². The van der Waals surface area contributed by atoms with E-state index in [1.54, 1.807) is 0 Å². The standard InChI is InChI=1S/C16H26N2/c1-17-15-11-9-14(10-12-15)16(18(2)3)13-7-5-4-6-8-13/h4-8,14-17H,9-12H2,1-3H3. The zero-order valence-electron chi connectivity index (χ0n) is 11.9. The largest absolute Gasteiger partial charge is 0.317 e. The average Bonchev–Trinajstić information content (AvgIpc) is 2.40. The Kier molecular flexibility index (Phi) is 4.79. The summed E-state index contributed by atoms with van der Waals surface area (Å²) >= 11 is 0. The normalized spacial score (nSPS) is 26.2. The van der Waals surface area contributed by atoms with Crippen molar-refractivity contribution in [2.24, 2.45) is 5.92 Å². The Bertz CT molecular complexity index is 339. The monoisotopic (exact) mass is 246 g/mol. The number of nitrogens with zero attached hydrogens (tertiary/aromatic N) is 1. The van der Waals surface area contributed by atoms with Crippen LogP contribution in [0.1, 0.15) is 37.3 Å². The van der Waals surface area contributed by atoms with Crippen molar-refractivity contribution in [1.29, 1.82) is 0 Å². The van der Waals surface area contributed by atoms with E-state index >= 15 is 0 Å². The molecule has 0 bridgehead atoms. The van der Waals surface area contributed by atoms with Crippen LogP contribution in [-0.2, 0) is 0 Å². The third kappa shape index (κ3) is 3.12. The lowest BCUT2D eigenvalue weighted by molar-refractivity contribution is 0.159. The molecule has 0 aliphatic heterocycles. The van der Waals surface area contributed by atoms with E-state index < -0.39 is 0 Å². The van der Waals surface area contributed by atoms with E-state index in [1.807, 2.05) is 0 Å². The molecule has 2 nitrogen and oxygen atoms in total. The molecule has 0 saturated heterocycles. The van der Waals surface area contributed by atoms with Gasteiger partial charge in [-0.1, -0.05) is 30.3 Å². The fourth-order valence-corrected chi connectivity index (χ4v) is 3.37. The maximum atomic E-state index is 3.42. The SMILES string of the molecule is CNC1CCC(C(c2ccccc2)N(C)C)CC1. The van der Waals surface area contributed by atoms with Gasteiger partial charge in [0.2, 0.25) is 0 Å². The lowest BCUT2D eigenvalue weighted by Gasteiger charge is -2.37. The zero-order chi connectivity index (χ0) is 13.0. The van der Waals surface area contributed by atoms with E-state index in [4.69, 9.17) is 0 Å². The van der Waals surface area contributed by atoms with E-state index in [9.17, 15) is 0 Å². The van der Waals surface area contributed by atoms with Gasteiger partial charge in [-0.2, -0.15) is 0 Å². The van der Waals surface area contributed by atoms with Gasteiger partial charge in [0.25, 0.3) is 0 Å². The van der Waals surface area contributed by atoms with Gasteiger partial charge in [0.05, 0.1) is 0 Å². The molecule has 1 aromatic carbocycles. The molecule has 100 valence electrons. The van der Waals surface area contributed by atoms with Crippen molar-refractivity contribution in [2.45, 2.75) is 37.8 Å². The summed E-state index contributed by atoms with van der Waals surface area (Å²) in [5.74, 6) is 0.798. The van der Waals surface area contributed by atoms with Crippen LogP contribution in [0.5, 0.6) is 0 Å². The van der Waals surface area contributed by atoms with Crippen LogP contribution in [-0.4, -0.2) is 32.1 Å². The highest BCUT2D eigenvalue weighted by molar-refractivity contribution is 5.20. The van der Waals surface area contributed by atoms with Crippen molar-refractivity contribution >= 4 is 0 Å². The van der Waals surface area contributed by atoms with Crippen LogP contribution in [0.2, 0.25) is 0 Å². The van der Waals surface area contributed by atoms with Gasteiger partial charge in [-0.3, -0.25) is 0 Å². The molecule has 0 aromatic heterocycles. The second kappa shape index (κ2) is 6.35. The minimum atomic E-state index is 0.573. The number of hydrogen-bond donors (Lipinski definition) is 1. The molecule has 1 fully saturated rings. The molecular formula is C16H26N2. The van der Waals surface area contributed by atoms with Gasteiger partial charge in [-0.15, -0.1) is 0 Å². The third-order valence-electron chi connectivity index (χ3n) is 4.32. The predicted octanol–water partition coefficient (Wildman–Crippen LogP) is 3.07. The smallest absolute Gasteiger partial charge is 0.0370 e. The quantitative estimate of drug-likeness (QED) is 0.878. The van der Waals surface area contributed by atoms with Crippen LogP contribution in [0.3, 0.4) is 0 Å². The number of hydrogen-bond acceptors (Lipinski definition) is 2.